The minimum Gasteiger partial charge on any atom is -0.494 e. The van der Waals surface area contributed by atoms with Crippen LogP contribution in [0.4, 0.5) is 5.69 Å². The third-order valence-electron chi connectivity index (χ3n) is 4.29. The number of amides is 1. The second kappa shape index (κ2) is 8.00. The van der Waals surface area contributed by atoms with Gasteiger partial charge in [-0.2, -0.15) is 4.68 Å². The molecule has 150 valence electrons. The van der Waals surface area contributed by atoms with E-state index in [1.165, 1.54) is 11.8 Å². The van der Waals surface area contributed by atoms with Crippen molar-refractivity contribution < 1.29 is 19.0 Å². The van der Waals surface area contributed by atoms with Crippen LogP contribution in [0, 0.1) is 6.92 Å². The molecule has 0 bridgehead atoms. The number of anilines is 1. The third kappa shape index (κ3) is 3.97. The molecule has 1 atom stereocenters. The molecule has 0 spiro atoms. The highest BCUT2D eigenvalue weighted by atomic mass is 32.2. The molecule has 1 amide bonds. The second-order valence-corrected chi connectivity index (χ2v) is 7.67. The first kappa shape index (κ1) is 19.1. The van der Waals surface area contributed by atoms with Crippen LogP contribution in [-0.4, -0.2) is 45.3 Å². The largest absolute Gasteiger partial charge is 0.494 e. The summed E-state index contributed by atoms with van der Waals surface area (Å²) in [5, 5.41) is 14.8. The number of rotatable bonds is 6. The molecular formula is C19H19N5O4S. The van der Waals surface area contributed by atoms with Crippen LogP contribution in [0.2, 0.25) is 0 Å². The van der Waals surface area contributed by atoms with E-state index in [0.29, 0.717) is 33.8 Å². The van der Waals surface area contributed by atoms with Gasteiger partial charge in [0.2, 0.25) is 17.9 Å². The maximum Gasteiger partial charge on any atom is 0.237 e. The molecule has 2 heterocycles. The molecule has 3 aromatic rings. The minimum absolute atomic E-state index is 0.181. The molecule has 1 aromatic heterocycles. The van der Waals surface area contributed by atoms with E-state index in [-0.39, 0.29) is 12.7 Å². The van der Waals surface area contributed by atoms with E-state index in [9.17, 15) is 4.79 Å². The average molecular weight is 413 g/mol. The molecule has 0 saturated heterocycles. The number of ether oxygens (including phenoxy) is 3. The highest BCUT2D eigenvalue weighted by molar-refractivity contribution is 8.00. The van der Waals surface area contributed by atoms with Crippen LogP contribution < -0.4 is 19.5 Å². The predicted octanol–water partition coefficient (Wildman–Crippen LogP) is 2.83. The van der Waals surface area contributed by atoms with Crippen molar-refractivity contribution in [2.45, 2.75) is 24.3 Å². The number of aromatic nitrogens is 4. The van der Waals surface area contributed by atoms with E-state index in [4.69, 9.17) is 14.2 Å². The maximum absolute atomic E-state index is 12.7. The lowest BCUT2D eigenvalue weighted by Crippen LogP contribution is -2.23. The number of methoxy groups -OCH3 is 1. The smallest absolute Gasteiger partial charge is 0.237 e. The van der Waals surface area contributed by atoms with E-state index in [1.807, 2.05) is 25.1 Å². The number of thioether (sulfide) groups is 1. The van der Waals surface area contributed by atoms with Crippen LogP contribution in [0.3, 0.4) is 0 Å². The number of nitrogens with one attached hydrogen (secondary N) is 1. The fourth-order valence-corrected chi connectivity index (χ4v) is 3.60. The van der Waals surface area contributed by atoms with Gasteiger partial charge in [-0.15, -0.1) is 5.10 Å². The van der Waals surface area contributed by atoms with E-state index in [0.717, 1.165) is 5.56 Å². The molecule has 10 heteroatoms. The fraction of sp³-hybridized carbons (Fsp3) is 0.263. The number of aryl methyl sites for hydroxylation is 1. The zero-order chi connectivity index (χ0) is 20.4. The maximum atomic E-state index is 12.7. The number of fused-ring (bicyclic) bond motifs is 1. The number of nitrogens with zero attached hydrogens (tertiary/aromatic N) is 4. The van der Waals surface area contributed by atoms with Crippen LogP contribution in [-0.2, 0) is 4.79 Å². The van der Waals surface area contributed by atoms with Gasteiger partial charge in [-0.25, -0.2) is 0 Å². The zero-order valence-corrected chi connectivity index (χ0v) is 16.9. The minimum atomic E-state index is -0.444. The van der Waals surface area contributed by atoms with Crippen molar-refractivity contribution in [3.05, 3.63) is 42.0 Å². The van der Waals surface area contributed by atoms with Crippen LogP contribution in [0.5, 0.6) is 17.2 Å². The summed E-state index contributed by atoms with van der Waals surface area (Å²) in [5.74, 6) is 1.73. The second-order valence-electron chi connectivity index (χ2n) is 6.37. The summed E-state index contributed by atoms with van der Waals surface area (Å²) in [6.07, 6.45) is 0. The summed E-state index contributed by atoms with van der Waals surface area (Å²) in [6.45, 7) is 3.95. The quantitative estimate of drug-likeness (QED) is 0.616. The fourth-order valence-electron chi connectivity index (χ4n) is 2.80. The Kier molecular flexibility index (Phi) is 5.26. The standard InChI is InChI=1S/C19H19N5O4S/c1-11-4-6-15(26-3)14(8-11)24-19(21-22-23-24)29-12(2)18(25)20-13-5-7-16-17(9-13)28-10-27-16/h4-9,12H,10H2,1-3H3,(H,20,25). The first-order chi connectivity index (χ1) is 14.0. The average Bonchev–Trinajstić information content (AvgIpc) is 3.36. The third-order valence-corrected chi connectivity index (χ3v) is 5.33. The van der Waals surface area contributed by atoms with Gasteiger partial charge in [-0.3, -0.25) is 4.79 Å². The number of carbonyl (C=O) groups excluding carboxylic acids is 1. The van der Waals surface area contributed by atoms with E-state index < -0.39 is 5.25 Å². The van der Waals surface area contributed by atoms with Crippen molar-refractivity contribution >= 4 is 23.4 Å². The van der Waals surface area contributed by atoms with Gasteiger partial charge < -0.3 is 19.5 Å². The van der Waals surface area contributed by atoms with E-state index in [2.05, 4.69) is 20.8 Å². The van der Waals surface area contributed by atoms with Gasteiger partial charge in [0, 0.05) is 11.8 Å². The van der Waals surface area contributed by atoms with Crippen LogP contribution in [0.1, 0.15) is 12.5 Å². The molecule has 0 aliphatic carbocycles. The van der Waals surface area contributed by atoms with Gasteiger partial charge in [0.1, 0.15) is 11.4 Å². The van der Waals surface area contributed by atoms with Gasteiger partial charge >= 0.3 is 0 Å². The molecule has 1 N–H and O–H groups in total. The van der Waals surface area contributed by atoms with Crippen molar-refractivity contribution in [2.75, 3.05) is 19.2 Å². The van der Waals surface area contributed by atoms with Gasteiger partial charge in [-0.1, -0.05) is 17.8 Å². The summed E-state index contributed by atoms with van der Waals surface area (Å²) < 4.78 is 17.6. The molecule has 2 aromatic carbocycles. The molecule has 29 heavy (non-hydrogen) atoms. The Labute approximate surface area is 171 Å². The normalized spacial score (nSPS) is 13.2. The predicted molar refractivity (Wildman–Crippen MR) is 107 cm³/mol. The summed E-state index contributed by atoms with van der Waals surface area (Å²) in [5.41, 5.74) is 2.39. The van der Waals surface area contributed by atoms with Crippen molar-refractivity contribution in [1.29, 1.82) is 0 Å². The Bertz CT molecular complexity index is 1050. The van der Waals surface area contributed by atoms with E-state index in [1.54, 1.807) is 36.9 Å². The molecular weight excluding hydrogens is 394 g/mol. The summed E-state index contributed by atoms with van der Waals surface area (Å²) in [4.78, 5) is 12.7. The van der Waals surface area contributed by atoms with E-state index >= 15 is 0 Å². The van der Waals surface area contributed by atoms with Crippen molar-refractivity contribution in [1.82, 2.24) is 20.2 Å². The lowest BCUT2D eigenvalue weighted by molar-refractivity contribution is -0.115. The molecule has 0 saturated carbocycles. The molecule has 1 aliphatic rings. The van der Waals surface area contributed by atoms with Crippen LogP contribution >= 0.6 is 11.8 Å². The number of benzene rings is 2. The summed E-state index contributed by atoms with van der Waals surface area (Å²) in [7, 11) is 1.59. The Balaban J connectivity index is 1.49. The van der Waals surface area contributed by atoms with Gasteiger partial charge in [0.05, 0.1) is 12.4 Å². The molecule has 0 fully saturated rings. The number of hydrogen-bond donors (Lipinski definition) is 1. The van der Waals surface area contributed by atoms with Crippen LogP contribution in [0.15, 0.2) is 41.6 Å². The van der Waals surface area contributed by atoms with Crippen molar-refractivity contribution in [2.24, 2.45) is 0 Å². The zero-order valence-electron chi connectivity index (χ0n) is 16.1. The lowest BCUT2D eigenvalue weighted by atomic mass is 10.2. The number of hydrogen-bond acceptors (Lipinski definition) is 8. The van der Waals surface area contributed by atoms with Gasteiger partial charge in [0.15, 0.2) is 11.5 Å². The van der Waals surface area contributed by atoms with Crippen molar-refractivity contribution in [3.8, 4) is 22.9 Å². The van der Waals surface area contributed by atoms with Gasteiger partial charge in [-0.05, 0) is 54.1 Å². The molecule has 1 unspecified atom stereocenters. The van der Waals surface area contributed by atoms with Gasteiger partial charge in [0.25, 0.3) is 0 Å². The molecule has 4 rings (SSSR count). The Morgan fingerprint density at radius 3 is 2.90 bits per heavy atom. The highest BCUT2D eigenvalue weighted by Crippen LogP contribution is 2.34. The Morgan fingerprint density at radius 2 is 2.07 bits per heavy atom. The summed E-state index contributed by atoms with van der Waals surface area (Å²) >= 11 is 1.25. The monoisotopic (exact) mass is 413 g/mol. The topological polar surface area (TPSA) is 100 Å². The Hall–Kier alpha value is -3.27. The SMILES string of the molecule is COc1ccc(C)cc1-n1nnnc1SC(C)C(=O)Nc1ccc2c(c1)OCO2. The Morgan fingerprint density at radius 1 is 1.24 bits per heavy atom. The summed E-state index contributed by atoms with van der Waals surface area (Å²) in [6, 6.07) is 11.0. The molecule has 1 aliphatic heterocycles. The molecule has 9 nitrogen and oxygen atoms in total. The molecule has 0 radical (unpaired) electrons. The lowest BCUT2D eigenvalue weighted by Gasteiger charge is -2.13. The highest BCUT2D eigenvalue weighted by Gasteiger charge is 2.22. The van der Waals surface area contributed by atoms with Crippen LogP contribution in [0.25, 0.3) is 5.69 Å². The number of tetrazole rings is 1. The first-order valence-electron chi connectivity index (χ1n) is 8.85. The van der Waals surface area contributed by atoms with Crippen molar-refractivity contribution in [3.63, 3.8) is 0 Å². The first-order valence-corrected chi connectivity index (χ1v) is 9.73. The number of carbonyl (C=O) groups is 1.